The number of alkyl halides is 3. The summed E-state index contributed by atoms with van der Waals surface area (Å²) >= 11 is 0. The molecule has 3 aromatic heterocycles. The third-order valence-electron chi connectivity index (χ3n) is 4.78. The molecule has 0 unspecified atom stereocenters. The maximum atomic E-state index is 14.9. The van der Waals surface area contributed by atoms with Gasteiger partial charge in [-0.3, -0.25) is 0 Å². The summed E-state index contributed by atoms with van der Waals surface area (Å²) in [6.07, 6.45) is -1.76. The predicted octanol–water partition coefficient (Wildman–Crippen LogP) is 4.41. The van der Waals surface area contributed by atoms with Crippen LogP contribution in [0.15, 0.2) is 30.5 Å². The Morgan fingerprint density at radius 3 is 2.67 bits per heavy atom. The minimum atomic E-state index is -4.84. The van der Waals surface area contributed by atoms with Crippen molar-refractivity contribution in [3.05, 3.63) is 53.4 Å². The zero-order valence-electron chi connectivity index (χ0n) is 14.1. The lowest BCUT2D eigenvalue weighted by atomic mass is 10.1. The van der Waals surface area contributed by atoms with Gasteiger partial charge in [-0.15, -0.1) is 0 Å². The summed E-state index contributed by atoms with van der Waals surface area (Å²) in [4.78, 5) is 4.09. The molecule has 0 amide bonds. The highest BCUT2D eigenvalue weighted by molar-refractivity contribution is 5.83. The summed E-state index contributed by atoms with van der Waals surface area (Å²) < 4.78 is 58.6. The zero-order valence-corrected chi connectivity index (χ0v) is 14.1. The van der Waals surface area contributed by atoms with Gasteiger partial charge in [-0.2, -0.15) is 23.4 Å². The molecular weight excluding hydrogens is 362 g/mol. The number of aryl methyl sites for hydroxylation is 1. The van der Waals surface area contributed by atoms with E-state index in [0.29, 0.717) is 26.8 Å². The van der Waals surface area contributed by atoms with Crippen molar-refractivity contribution in [2.75, 3.05) is 0 Å². The van der Waals surface area contributed by atoms with Crippen LogP contribution in [0, 0.1) is 12.7 Å². The Labute approximate surface area is 150 Å². The van der Waals surface area contributed by atoms with E-state index in [4.69, 9.17) is 0 Å². The Morgan fingerprint density at radius 2 is 1.96 bits per heavy atom. The predicted molar refractivity (Wildman–Crippen MR) is 89.3 cm³/mol. The fraction of sp³-hybridized carbons (Fsp3) is 0.278. The zero-order chi connectivity index (χ0) is 18.9. The van der Waals surface area contributed by atoms with Crippen molar-refractivity contribution in [1.29, 1.82) is 0 Å². The SMILES string of the molecule is Cc1cccc2cnn(-c3c(F)cc4nc(C5CC5)nn4c3C(F)(F)F)c12. The Kier molecular flexibility index (Phi) is 3.17. The molecule has 3 heterocycles. The summed E-state index contributed by atoms with van der Waals surface area (Å²) in [6.45, 7) is 1.74. The van der Waals surface area contributed by atoms with Gasteiger partial charge in [0.05, 0.1) is 11.7 Å². The van der Waals surface area contributed by atoms with Crippen LogP contribution in [-0.2, 0) is 6.18 Å². The number of benzene rings is 1. The lowest BCUT2D eigenvalue weighted by Gasteiger charge is -2.16. The van der Waals surface area contributed by atoms with Crippen LogP contribution in [0.3, 0.4) is 0 Å². The summed E-state index contributed by atoms with van der Waals surface area (Å²) in [5.74, 6) is -0.679. The molecule has 0 spiro atoms. The van der Waals surface area contributed by atoms with Gasteiger partial charge in [0, 0.05) is 17.4 Å². The van der Waals surface area contributed by atoms with Gasteiger partial charge < -0.3 is 0 Å². The number of hydrogen-bond donors (Lipinski definition) is 0. The molecule has 0 radical (unpaired) electrons. The van der Waals surface area contributed by atoms with Gasteiger partial charge in [-0.25, -0.2) is 18.6 Å². The van der Waals surface area contributed by atoms with Crippen LogP contribution >= 0.6 is 0 Å². The van der Waals surface area contributed by atoms with Crippen LogP contribution in [0.1, 0.15) is 35.8 Å². The first-order chi connectivity index (χ1) is 12.8. The van der Waals surface area contributed by atoms with E-state index in [-0.39, 0.29) is 11.6 Å². The minimum Gasteiger partial charge on any atom is -0.228 e. The highest BCUT2D eigenvalue weighted by Gasteiger charge is 2.41. The van der Waals surface area contributed by atoms with Crippen molar-refractivity contribution < 1.29 is 17.6 Å². The van der Waals surface area contributed by atoms with Crippen LogP contribution in [-0.4, -0.2) is 24.4 Å². The lowest BCUT2D eigenvalue weighted by Crippen LogP contribution is -2.19. The number of aromatic nitrogens is 5. The van der Waals surface area contributed by atoms with E-state index in [9.17, 15) is 17.6 Å². The molecule has 9 heteroatoms. The minimum absolute atomic E-state index is 0.0465. The van der Waals surface area contributed by atoms with Crippen molar-refractivity contribution in [3.8, 4) is 5.69 Å². The molecule has 5 rings (SSSR count). The van der Waals surface area contributed by atoms with Crippen LogP contribution in [0.25, 0.3) is 22.2 Å². The fourth-order valence-corrected chi connectivity index (χ4v) is 3.39. The summed E-state index contributed by atoms with van der Waals surface area (Å²) in [5, 5.41) is 8.70. The van der Waals surface area contributed by atoms with Gasteiger partial charge in [0.1, 0.15) is 5.69 Å². The van der Waals surface area contributed by atoms with Crippen molar-refractivity contribution in [2.24, 2.45) is 0 Å². The standard InChI is InChI=1S/C18H13F4N5/c1-9-3-2-4-11-8-23-27(14(9)11)15-12(19)7-13-24-17(10-5-6-10)25-26(13)16(15)18(20,21)22/h2-4,7-8,10H,5-6H2,1H3. The van der Waals surface area contributed by atoms with E-state index >= 15 is 0 Å². The number of nitrogens with zero attached hydrogens (tertiary/aromatic N) is 5. The van der Waals surface area contributed by atoms with E-state index in [1.807, 2.05) is 0 Å². The molecule has 0 aliphatic heterocycles. The number of fused-ring (bicyclic) bond motifs is 2. The maximum absolute atomic E-state index is 14.9. The van der Waals surface area contributed by atoms with Crippen LogP contribution < -0.4 is 0 Å². The summed E-state index contributed by atoms with van der Waals surface area (Å²) in [5.41, 5.74) is -0.936. The Balaban J connectivity index is 1.89. The third kappa shape index (κ3) is 2.41. The van der Waals surface area contributed by atoms with Crippen LogP contribution in [0.4, 0.5) is 17.6 Å². The molecule has 4 aromatic rings. The van der Waals surface area contributed by atoms with Crippen LogP contribution in [0.2, 0.25) is 0 Å². The average Bonchev–Trinajstić information content (AvgIpc) is 3.22. The number of hydrogen-bond acceptors (Lipinski definition) is 3. The quantitative estimate of drug-likeness (QED) is 0.488. The number of para-hydroxylation sites is 1. The van der Waals surface area contributed by atoms with Gasteiger partial charge in [0.25, 0.3) is 0 Å². The van der Waals surface area contributed by atoms with E-state index in [1.165, 1.54) is 6.20 Å². The first kappa shape index (κ1) is 16.2. The average molecular weight is 375 g/mol. The second-order valence-corrected chi connectivity index (χ2v) is 6.77. The van der Waals surface area contributed by atoms with Gasteiger partial charge in [0.2, 0.25) is 0 Å². The molecule has 1 aliphatic rings. The molecule has 0 N–H and O–H groups in total. The third-order valence-corrected chi connectivity index (χ3v) is 4.78. The molecular formula is C18H13F4N5. The molecule has 0 atom stereocenters. The second-order valence-electron chi connectivity index (χ2n) is 6.77. The Bertz CT molecular complexity index is 1200. The molecule has 1 fully saturated rings. The summed E-state index contributed by atoms with van der Waals surface area (Å²) in [6, 6.07) is 6.21. The Hall–Kier alpha value is -2.97. The molecule has 5 nitrogen and oxygen atoms in total. The highest BCUT2D eigenvalue weighted by atomic mass is 19.4. The smallest absolute Gasteiger partial charge is 0.228 e. The normalized spacial score (nSPS) is 15.1. The lowest BCUT2D eigenvalue weighted by molar-refractivity contribution is -0.142. The van der Waals surface area contributed by atoms with E-state index in [0.717, 1.165) is 23.6 Å². The molecule has 138 valence electrons. The van der Waals surface area contributed by atoms with Crippen molar-refractivity contribution >= 4 is 16.6 Å². The summed E-state index contributed by atoms with van der Waals surface area (Å²) in [7, 11) is 0. The molecule has 1 saturated carbocycles. The van der Waals surface area contributed by atoms with Gasteiger partial charge in [-0.05, 0) is 25.3 Å². The largest absolute Gasteiger partial charge is 0.435 e. The topological polar surface area (TPSA) is 48.0 Å². The van der Waals surface area contributed by atoms with Gasteiger partial charge >= 0.3 is 6.18 Å². The van der Waals surface area contributed by atoms with E-state index in [2.05, 4.69) is 15.2 Å². The van der Waals surface area contributed by atoms with Crippen molar-refractivity contribution in [2.45, 2.75) is 31.9 Å². The fourth-order valence-electron chi connectivity index (χ4n) is 3.39. The molecule has 1 aromatic carbocycles. The van der Waals surface area contributed by atoms with E-state index < -0.39 is 23.4 Å². The van der Waals surface area contributed by atoms with Crippen molar-refractivity contribution in [3.63, 3.8) is 0 Å². The maximum Gasteiger partial charge on any atom is 0.435 e. The number of rotatable bonds is 2. The van der Waals surface area contributed by atoms with E-state index in [1.54, 1.807) is 25.1 Å². The first-order valence-corrected chi connectivity index (χ1v) is 8.44. The molecule has 0 saturated heterocycles. The van der Waals surface area contributed by atoms with Gasteiger partial charge in [-0.1, -0.05) is 18.2 Å². The number of pyridine rings is 1. The van der Waals surface area contributed by atoms with Crippen molar-refractivity contribution in [1.82, 2.24) is 24.4 Å². The molecule has 1 aliphatic carbocycles. The molecule has 27 heavy (non-hydrogen) atoms. The second kappa shape index (κ2) is 5.28. The van der Waals surface area contributed by atoms with Gasteiger partial charge in [0.15, 0.2) is 23.0 Å². The first-order valence-electron chi connectivity index (χ1n) is 8.44. The number of halogens is 4. The monoisotopic (exact) mass is 375 g/mol. The van der Waals surface area contributed by atoms with Crippen LogP contribution in [0.5, 0.6) is 0 Å². The molecule has 0 bridgehead atoms. The highest BCUT2D eigenvalue weighted by Crippen LogP contribution is 2.40. The Morgan fingerprint density at radius 1 is 1.19 bits per heavy atom.